The first-order valence-corrected chi connectivity index (χ1v) is 11.6. The summed E-state index contributed by atoms with van der Waals surface area (Å²) in [6.07, 6.45) is -1.35. The molecule has 1 aliphatic rings. The van der Waals surface area contributed by atoms with Crippen LogP contribution in [0, 0.1) is 0 Å². The standard InChI is InChI=1S/C27H28F4N2O2/c28-26(29)34-24(20-12-6-2-7-13-20)33(25(35-27(30)31)21-14-8-3-9-15-21)22-16-17-23(32-18-22)19-10-4-1-5-11-19/h1-15,22-27,32H,16-18H2. The number of rotatable bonds is 10. The molecule has 4 atom stereocenters. The molecule has 3 aromatic rings. The van der Waals surface area contributed by atoms with Crippen LogP contribution in [0.25, 0.3) is 0 Å². The Morgan fingerprint density at radius 1 is 0.657 bits per heavy atom. The topological polar surface area (TPSA) is 33.7 Å². The molecule has 0 saturated carbocycles. The summed E-state index contributed by atoms with van der Waals surface area (Å²) < 4.78 is 64.8. The van der Waals surface area contributed by atoms with Gasteiger partial charge < -0.3 is 5.32 Å². The maximum Gasteiger partial charge on any atom is 0.347 e. The van der Waals surface area contributed by atoms with Crippen molar-refractivity contribution in [1.82, 2.24) is 10.2 Å². The maximum absolute atomic E-state index is 13.7. The number of nitrogens with one attached hydrogen (secondary N) is 1. The first kappa shape index (κ1) is 25.3. The van der Waals surface area contributed by atoms with Gasteiger partial charge in [-0.05, 0) is 29.5 Å². The molecule has 4 unspecified atom stereocenters. The SMILES string of the molecule is FC(F)OC(c1ccccc1)N(C1CCC(c2ccccc2)NC1)C(OC(F)F)c1ccccc1. The van der Waals surface area contributed by atoms with Crippen molar-refractivity contribution in [2.75, 3.05) is 6.54 Å². The molecule has 3 aromatic carbocycles. The van der Waals surface area contributed by atoms with Gasteiger partial charge in [-0.2, -0.15) is 17.6 Å². The molecule has 0 spiro atoms. The molecule has 1 N–H and O–H groups in total. The Balaban J connectivity index is 1.70. The lowest BCUT2D eigenvalue weighted by atomic mass is 9.93. The van der Waals surface area contributed by atoms with Crippen LogP contribution in [-0.4, -0.2) is 30.7 Å². The number of halogens is 4. The molecular formula is C27H28F4N2O2. The molecule has 0 aromatic heterocycles. The van der Waals surface area contributed by atoms with Crippen molar-refractivity contribution >= 4 is 0 Å². The van der Waals surface area contributed by atoms with Crippen LogP contribution in [0.5, 0.6) is 0 Å². The summed E-state index contributed by atoms with van der Waals surface area (Å²) in [4.78, 5) is 1.51. The van der Waals surface area contributed by atoms with Gasteiger partial charge in [0.2, 0.25) is 0 Å². The van der Waals surface area contributed by atoms with Gasteiger partial charge >= 0.3 is 13.2 Å². The molecule has 0 radical (unpaired) electrons. The van der Waals surface area contributed by atoms with Crippen LogP contribution in [0.1, 0.15) is 48.0 Å². The van der Waals surface area contributed by atoms with Gasteiger partial charge in [-0.1, -0.05) is 91.0 Å². The Hall–Kier alpha value is -2.78. The highest BCUT2D eigenvalue weighted by Crippen LogP contribution is 2.39. The third-order valence-electron chi connectivity index (χ3n) is 6.19. The van der Waals surface area contributed by atoms with Crippen LogP contribution in [0.15, 0.2) is 91.0 Å². The fourth-order valence-corrected chi connectivity index (χ4v) is 4.64. The highest BCUT2D eigenvalue weighted by Gasteiger charge is 2.40. The Morgan fingerprint density at radius 2 is 1.11 bits per heavy atom. The zero-order chi connectivity index (χ0) is 24.6. The minimum atomic E-state index is -3.11. The Kier molecular flexibility index (Phi) is 8.87. The van der Waals surface area contributed by atoms with Crippen molar-refractivity contribution in [3.8, 4) is 0 Å². The third kappa shape index (κ3) is 6.67. The maximum atomic E-state index is 13.7. The minimum Gasteiger partial charge on any atom is -0.308 e. The number of ether oxygens (including phenoxy) is 2. The molecule has 0 amide bonds. The Morgan fingerprint density at radius 3 is 1.51 bits per heavy atom. The number of hydrogen-bond donors (Lipinski definition) is 1. The van der Waals surface area contributed by atoms with Gasteiger partial charge in [0.1, 0.15) is 12.5 Å². The lowest BCUT2D eigenvalue weighted by Crippen LogP contribution is -2.51. The zero-order valence-corrected chi connectivity index (χ0v) is 19.0. The van der Waals surface area contributed by atoms with E-state index in [4.69, 9.17) is 9.47 Å². The number of alkyl halides is 4. The van der Waals surface area contributed by atoms with E-state index in [0.29, 0.717) is 30.5 Å². The van der Waals surface area contributed by atoms with Crippen LogP contribution < -0.4 is 5.32 Å². The molecule has 1 heterocycles. The molecule has 0 aliphatic carbocycles. The Labute approximate surface area is 202 Å². The lowest BCUT2D eigenvalue weighted by Gasteiger charge is -2.45. The fraction of sp³-hybridized carbons (Fsp3) is 0.333. The lowest BCUT2D eigenvalue weighted by molar-refractivity contribution is -0.281. The first-order valence-electron chi connectivity index (χ1n) is 11.6. The van der Waals surface area contributed by atoms with Crippen molar-refractivity contribution in [2.45, 2.75) is 50.6 Å². The summed E-state index contributed by atoms with van der Waals surface area (Å²) in [5, 5.41) is 3.46. The summed E-state index contributed by atoms with van der Waals surface area (Å²) >= 11 is 0. The highest BCUT2D eigenvalue weighted by atomic mass is 19.3. The zero-order valence-electron chi connectivity index (χ0n) is 19.0. The van der Waals surface area contributed by atoms with Crippen LogP contribution in [0.4, 0.5) is 17.6 Å². The van der Waals surface area contributed by atoms with Gasteiger partial charge in [-0.3, -0.25) is 9.47 Å². The number of benzene rings is 3. The van der Waals surface area contributed by atoms with Gasteiger partial charge in [0, 0.05) is 18.6 Å². The molecule has 4 nitrogen and oxygen atoms in total. The van der Waals surface area contributed by atoms with Crippen molar-refractivity contribution in [1.29, 1.82) is 0 Å². The summed E-state index contributed by atoms with van der Waals surface area (Å²) in [5.74, 6) is 0. The van der Waals surface area contributed by atoms with E-state index in [0.717, 1.165) is 5.56 Å². The second kappa shape index (κ2) is 12.3. The van der Waals surface area contributed by atoms with Crippen molar-refractivity contribution in [3.05, 3.63) is 108 Å². The van der Waals surface area contributed by atoms with Crippen molar-refractivity contribution in [2.24, 2.45) is 0 Å². The minimum absolute atomic E-state index is 0.0756. The van der Waals surface area contributed by atoms with Gasteiger partial charge in [0.05, 0.1) is 0 Å². The smallest absolute Gasteiger partial charge is 0.308 e. The summed E-state index contributed by atoms with van der Waals surface area (Å²) in [7, 11) is 0. The third-order valence-corrected chi connectivity index (χ3v) is 6.19. The number of hydrogen-bond acceptors (Lipinski definition) is 4. The normalized spacial score (nSPS) is 20.3. The molecular weight excluding hydrogens is 460 g/mol. The summed E-state index contributed by atoms with van der Waals surface area (Å²) in [5.41, 5.74) is 1.97. The molecule has 186 valence electrons. The molecule has 35 heavy (non-hydrogen) atoms. The van der Waals surface area contributed by atoms with Crippen molar-refractivity contribution in [3.63, 3.8) is 0 Å². The second-order valence-corrected chi connectivity index (χ2v) is 8.37. The van der Waals surface area contributed by atoms with Crippen LogP contribution in [-0.2, 0) is 9.47 Å². The van der Waals surface area contributed by atoms with E-state index in [-0.39, 0.29) is 6.04 Å². The molecule has 1 aliphatic heterocycles. The van der Waals surface area contributed by atoms with Gasteiger partial charge in [0.15, 0.2) is 0 Å². The molecule has 4 rings (SSSR count). The molecule has 0 bridgehead atoms. The first-order chi connectivity index (χ1) is 17.0. The summed E-state index contributed by atoms with van der Waals surface area (Å²) in [6.45, 7) is -5.84. The monoisotopic (exact) mass is 488 g/mol. The van der Waals surface area contributed by atoms with E-state index in [1.165, 1.54) is 4.90 Å². The summed E-state index contributed by atoms with van der Waals surface area (Å²) in [6, 6.07) is 26.5. The van der Waals surface area contributed by atoms with E-state index in [2.05, 4.69) is 5.32 Å². The van der Waals surface area contributed by atoms with E-state index in [9.17, 15) is 17.6 Å². The fourth-order valence-electron chi connectivity index (χ4n) is 4.64. The molecule has 8 heteroatoms. The van der Waals surface area contributed by atoms with E-state index in [1.807, 2.05) is 30.3 Å². The van der Waals surface area contributed by atoms with E-state index < -0.39 is 31.7 Å². The Bertz CT molecular complexity index is 950. The van der Waals surface area contributed by atoms with Crippen molar-refractivity contribution < 1.29 is 27.0 Å². The number of nitrogens with zero attached hydrogens (tertiary/aromatic N) is 1. The predicted octanol–water partition coefficient (Wildman–Crippen LogP) is 6.66. The number of piperidine rings is 1. The predicted molar refractivity (Wildman–Crippen MR) is 125 cm³/mol. The van der Waals surface area contributed by atoms with E-state index >= 15 is 0 Å². The van der Waals surface area contributed by atoms with E-state index in [1.54, 1.807) is 60.7 Å². The van der Waals surface area contributed by atoms with Gasteiger partial charge in [-0.25, -0.2) is 4.90 Å². The van der Waals surface area contributed by atoms with Gasteiger partial charge in [0.25, 0.3) is 0 Å². The average Bonchev–Trinajstić information content (AvgIpc) is 2.89. The quantitative estimate of drug-likeness (QED) is 0.256. The van der Waals surface area contributed by atoms with Crippen LogP contribution in [0.3, 0.4) is 0 Å². The van der Waals surface area contributed by atoms with Crippen LogP contribution in [0.2, 0.25) is 0 Å². The highest BCUT2D eigenvalue weighted by molar-refractivity contribution is 5.23. The van der Waals surface area contributed by atoms with Crippen LogP contribution >= 0.6 is 0 Å². The molecule has 1 saturated heterocycles. The molecule has 1 fully saturated rings. The van der Waals surface area contributed by atoms with Gasteiger partial charge in [-0.15, -0.1) is 0 Å². The average molecular weight is 489 g/mol. The second-order valence-electron chi connectivity index (χ2n) is 8.37. The largest absolute Gasteiger partial charge is 0.347 e.